The summed E-state index contributed by atoms with van der Waals surface area (Å²) in [6, 6.07) is 11.4. The van der Waals surface area contributed by atoms with Gasteiger partial charge < -0.3 is 9.47 Å². The van der Waals surface area contributed by atoms with Crippen molar-refractivity contribution in [2.24, 2.45) is 17.0 Å². The molecule has 3 rings (SSSR count). The van der Waals surface area contributed by atoms with Gasteiger partial charge in [0.25, 0.3) is 0 Å². The molecule has 0 amide bonds. The van der Waals surface area contributed by atoms with Gasteiger partial charge in [-0.1, -0.05) is 11.6 Å². The minimum atomic E-state index is -3.46. The lowest BCUT2D eigenvalue weighted by atomic mass is 9.87. The van der Waals surface area contributed by atoms with Crippen molar-refractivity contribution in [1.29, 1.82) is 0 Å². The van der Waals surface area contributed by atoms with E-state index in [1.54, 1.807) is 12.3 Å². The third-order valence-corrected chi connectivity index (χ3v) is 5.77. The van der Waals surface area contributed by atoms with Gasteiger partial charge in [-0.05, 0) is 55.2 Å². The summed E-state index contributed by atoms with van der Waals surface area (Å²) in [6.45, 7) is 1.74. The summed E-state index contributed by atoms with van der Waals surface area (Å²) >= 11 is 5.87. The topological polar surface area (TPSA) is 91.5 Å². The second-order valence-electron chi connectivity index (χ2n) is 6.74. The molecule has 2 atom stereocenters. The molecule has 1 aromatic carbocycles. The van der Waals surface area contributed by atoms with Crippen molar-refractivity contribution in [2.75, 3.05) is 25.6 Å². The molecule has 1 aromatic heterocycles. The largest absolute Gasteiger partial charge is 0.493 e. The van der Waals surface area contributed by atoms with Crippen molar-refractivity contribution in [3.8, 4) is 17.0 Å². The quantitative estimate of drug-likeness (QED) is 0.757. The molecule has 0 spiro atoms. The number of hydrogen-bond donors (Lipinski definition) is 1. The van der Waals surface area contributed by atoms with E-state index in [9.17, 15) is 8.42 Å². The lowest BCUT2D eigenvalue weighted by Gasteiger charge is -2.31. The van der Waals surface area contributed by atoms with Crippen LogP contribution in [0.2, 0.25) is 5.02 Å². The molecule has 0 saturated carbocycles. The molecule has 1 fully saturated rings. The van der Waals surface area contributed by atoms with Gasteiger partial charge in [-0.15, -0.1) is 0 Å². The van der Waals surface area contributed by atoms with Crippen LogP contribution >= 0.6 is 11.6 Å². The van der Waals surface area contributed by atoms with Gasteiger partial charge in [0.05, 0.1) is 23.1 Å². The number of rotatable bonds is 7. The van der Waals surface area contributed by atoms with Gasteiger partial charge in [-0.2, -0.15) is 0 Å². The van der Waals surface area contributed by atoms with E-state index < -0.39 is 10.0 Å². The number of ether oxygens (including phenoxy) is 2. The molecule has 1 aliphatic heterocycles. The normalized spacial score (nSPS) is 20.4. The Hall–Kier alpha value is -1.67. The highest BCUT2D eigenvalue weighted by Crippen LogP contribution is 2.27. The van der Waals surface area contributed by atoms with Crippen molar-refractivity contribution >= 4 is 21.6 Å². The first-order chi connectivity index (χ1) is 12.9. The number of benzene rings is 1. The van der Waals surface area contributed by atoms with Crippen LogP contribution in [0.4, 0.5) is 0 Å². The average molecular weight is 411 g/mol. The Labute approximate surface area is 164 Å². The lowest BCUT2D eigenvalue weighted by molar-refractivity contribution is -0.000157. The van der Waals surface area contributed by atoms with E-state index in [1.807, 2.05) is 30.3 Å². The highest BCUT2D eigenvalue weighted by Gasteiger charge is 2.27. The third kappa shape index (κ3) is 6.17. The summed E-state index contributed by atoms with van der Waals surface area (Å²) in [5.74, 6) is 1.12. The maximum atomic E-state index is 11.2. The molecule has 0 aliphatic carbocycles. The Morgan fingerprint density at radius 1 is 1.19 bits per heavy atom. The van der Waals surface area contributed by atoms with Crippen LogP contribution in [-0.4, -0.2) is 39.0 Å². The Morgan fingerprint density at radius 3 is 2.63 bits per heavy atom. The van der Waals surface area contributed by atoms with Crippen LogP contribution in [0.1, 0.15) is 12.8 Å². The predicted octanol–water partition coefficient (Wildman–Crippen LogP) is 3.11. The Balaban J connectivity index is 1.57. The van der Waals surface area contributed by atoms with Crippen LogP contribution < -0.4 is 9.88 Å². The molecule has 146 valence electrons. The van der Waals surface area contributed by atoms with Gasteiger partial charge in [0.2, 0.25) is 10.0 Å². The molecular formula is C19H23ClN2O4S. The molecule has 6 nitrogen and oxygen atoms in total. The minimum absolute atomic E-state index is 0.0275. The first-order valence-corrected chi connectivity index (χ1v) is 10.9. The number of aromatic nitrogens is 1. The molecule has 2 N–H and O–H groups in total. The van der Waals surface area contributed by atoms with Crippen LogP contribution in [-0.2, 0) is 14.8 Å². The highest BCUT2D eigenvalue weighted by atomic mass is 35.5. The summed E-state index contributed by atoms with van der Waals surface area (Å²) in [5, 5.41) is 5.73. The number of primary sulfonamides is 1. The zero-order valence-corrected chi connectivity index (χ0v) is 16.5. The van der Waals surface area contributed by atoms with E-state index in [-0.39, 0.29) is 17.6 Å². The number of hydrogen-bond acceptors (Lipinski definition) is 5. The molecule has 0 bridgehead atoms. The summed E-state index contributed by atoms with van der Waals surface area (Å²) in [5.41, 5.74) is 1.83. The van der Waals surface area contributed by atoms with Gasteiger partial charge in [0, 0.05) is 30.9 Å². The van der Waals surface area contributed by atoms with Gasteiger partial charge in [-0.3, -0.25) is 4.98 Å². The maximum Gasteiger partial charge on any atom is 0.209 e. The summed E-state index contributed by atoms with van der Waals surface area (Å²) in [7, 11) is -3.46. The monoisotopic (exact) mass is 410 g/mol. The molecule has 1 aliphatic rings. The van der Waals surface area contributed by atoms with Crippen molar-refractivity contribution in [2.45, 2.75) is 12.8 Å². The Kier molecular flexibility index (Phi) is 6.70. The molecule has 27 heavy (non-hydrogen) atoms. The smallest absolute Gasteiger partial charge is 0.209 e. The molecule has 2 aromatic rings. The van der Waals surface area contributed by atoms with Gasteiger partial charge >= 0.3 is 0 Å². The number of sulfonamides is 1. The fourth-order valence-electron chi connectivity index (χ4n) is 3.17. The summed E-state index contributed by atoms with van der Waals surface area (Å²) in [6.07, 6.45) is 2.96. The van der Waals surface area contributed by atoms with E-state index in [0.717, 1.165) is 23.4 Å². The van der Waals surface area contributed by atoms with Crippen LogP contribution in [0, 0.1) is 11.8 Å². The van der Waals surface area contributed by atoms with Crippen molar-refractivity contribution in [3.63, 3.8) is 0 Å². The van der Waals surface area contributed by atoms with E-state index in [0.29, 0.717) is 31.3 Å². The second kappa shape index (κ2) is 9.01. The van der Waals surface area contributed by atoms with Crippen molar-refractivity contribution < 1.29 is 17.9 Å². The molecule has 8 heteroatoms. The van der Waals surface area contributed by atoms with Crippen LogP contribution in [0.3, 0.4) is 0 Å². The maximum absolute atomic E-state index is 11.2. The summed E-state index contributed by atoms with van der Waals surface area (Å²) in [4.78, 5) is 4.30. The van der Waals surface area contributed by atoms with Crippen LogP contribution in [0.25, 0.3) is 11.3 Å². The summed E-state index contributed by atoms with van der Waals surface area (Å²) < 4.78 is 33.9. The minimum Gasteiger partial charge on any atom is -0.493 e. The molecule has 0 unspecified atom stereocenters. The number of pyridine rings is 1. The molecule has 0 radical (unpaired) electrons. The van der Waals surface area contributed by atoms with E-state index in [4.69, 9.17) is 26.2 Å². The SMILES string of the molecule is NS(=O)(=O)CC[C@H]1COCC[C@@H]1COc1ccc(-c2ccc(Cl)cn2)cc1. The standard InChI is InChI=1S/C19H23ClN2O4S/c20-17-3-6-19(22-11-17)14-1-4-18(5-2-14)26-13-15-7-9-25-12-16(15)8-10-27(21,23)24/h1-6,11,15-16H,7-10,12-13H2,(H2,21,23,24)/t15-,16+/m1/s1. The molecule has 1 saturated heterocycles. The van der Waals surface area contributed by atoms with E-state index >= 15 is 0 Å². The third-order valence-electron chi connectivity index (χ3n) is 4.75. The zero-order chi connectivity index (χ0) is 19.3. The number of halogens is 1. The van der Waals surface area contributed by atoms with Crippen LogP contribution in [0.15, 0.2) is 42.6 Å². The van der Waals surface area contributed by atoms with E-state index in [2.05, 4.69) is 4.98 Å². The Morgan fingerprint density at radius 2 is 1.96 bits per heavy atom. The Bertz CT molecular complexity index is 841. The average Bonchev–Trinajstić information content (AvgIpc) is 2.66. The fraction of sp³-hybridized carbons (Fsp3) is 0.421. The van der Waals surface area contributed by atoms with Gasteiger partial charge in [0.1, 0.15) is 5.75 Å². The number of nitrogens with two attached hydrogens (primary N) is 1. The van der Waals surface area contributed by atoms with E-state index in [1.165, 1.54) is 0 Å². The first kappa shape index (κ1) is 20.1. The second-order valence-corrected chi connectivity index (χ2v) is 8.91. The fourth-order valence-corrected chi connectivity index (χ4v) is 3.91. The first-order valence-electron chi connectivity index (χ1n) is 8.84. The van der Waals surface area contributed by atoms with Gasteiger partial charge in [-0.25, -0.2) is 13.6 Å². The number of nitrogens with zero attached hydrogens (tertiary/aromatic N) is 1. The highest BCUT2D eigenvalue weighted by molar-refractivity contribution is 7.89. The van der Waals surface area contributed by atoms with Crippen LogP contribution in [0.5, 0.6) is 5.75 Å². The molecule has 2 heterocycles. The predicted molar refractivity (Wildman–Crippen MR) is 105 cm³/mol. The van der Waals surface area contributed by atoms with Gasteiger partial charge in [0.15, 0.2) is 0 Å². The molecular weight excluding hydrogens is 388 g/mol. The van der Waals surface area contributed by atoms with Crippen molar-refractivity contribution in [3.05, 3.63) is 47.6 Å². The lowest BCUT2D eigenvalue weighted by Crippen LogP contribution is -2.33. The van der Waals surface area contributed by atoms with Crippen molar-refractivity contribution in [1.82, 2.24) is 4.98 Å². The zero-order valence-electron chi connectivity index (χ0n) is 14.9.